The number of hydrogen-bond acceptors (Lipinski definition) is 7. The van der Waals surface area contributed by atoms with Crippen LogP contribution >= 0.6 is 11.8 Å². The molecule has 1 unspecified atom stereocenters. The molecule has 1 saturated carbocycles. The van der Waals surface area contributed by atoms with E-state index in [1.807, 2.05) is 12.1 Å². The predicted octanol–water partition coefficient (Wildman–Crippen LogP) is 2.13. The molecule has 3 aliphatic rings. The molecular formula is C19H18N6O3S. The topological polar surface area (TPSA) is 117 Å². The highest BCUT2D eigenvalue weighted by Gasteiger charge is 2.28. The summed E-state index contributed by atoms with van der Waals surface area (Å²) >= 11 is 1.52. The summed E-state index contributed by atoms with van der Waals surface area (Å²) < 4.78 is 1.71. The first kappa shape index (κ1) is 17.9. The number of carbonyl (C=O) groups is 3. The lowest BCUT2D eigenvalue weighted by molar-refractivity contribution is -0.115. The molecule has 4 heterocycles. The van der Waals surface area contributed by atoms with E-state index in [-0.39, 0.29) is 16.7 Å². The summed E-state index contributed by atoms with van der Waals surface area (Å²) in [5.41, 5.74) is 2.22. The smallest absolute Gasteiger partial charge is 0.326 e. The SMILES string of the molecule is CC(=O)C1=CCC(c2cc(NC3CC3)n3ncc(/C=C4\NC(=O)NC4=O)c3n2)S1. The second kappa shape index (κ2) is 6.73. The Bertz CT molecular complexity index is 1130. The monoisotopic (exact) mass is 410 g/mol. The number of anilines is 1. The Labute approximate surface area is 170 Å². The zero-order valence-electron chi connectivity index (χ0n) is 15.6. The van der Waals surface area contributed by atoms with Crippen LogP contribution in [0.2, 0.25) is 0 Å². The van der Waals surface area contributed by atoms with E-state index >= 15 is 0 Å². The van der Waals surface area contributed by atoms with Gasteiger partial charge in [0.15, 0.2) is 11.4 Å². The molecule has 0 spiro atoms. The van der Waals surface area contributed by atoms with Gasteiger partial charge in [0.05, 0.1) is 17.1 Å². The lowest BCUT2D eigenvalue weighted by Gasteiger charge is -2.14. The van der Waals surface area contributed by atoms with Crippen LogP contribution in [-0.2, 0) is 9.59 Å². The van der Waals surface area contributed by atoms with E-state index in [2.05, 4.69) is 21.0 Å². The van der Waals surface area contributed by atoms with Crippen molar-refractivity contribution in [3.63, 3.8) is 0 Å². The van der Waals surface area contributed by atoms with Gasteiger partial charge in [0, 0.05) is 22.6 Å². The van der Waals surface area contributed by atoms with Crippen molar-refractivity contribution >= 4 is 47.0 Å². The van der Waals surface area contributed by atoms with E-state index in [1.165, 1.54) is 11.8 Å². The van der Waals surface area contributed by atoms with Crippen LogP contribution in [0.3, 0.4) is 0 Å². The first-order valence-electron chi connectivity index (χ1n) is 9.35. The molecule has 0 radical (unpaired) electrons. The summed E-state index contributed by atoms with van der Waals surface area (Å²) in [5.74, 6) is 0.407. The normalized spacial score (nSPS) is 22.7. The molecule has 2 aromatic heterocycles. The van der Waals surface area contributed by atoms with E-state index < -0.39 is 11.9 Å². The maximum atomic E-state index is 11.9. The fourth-order valence-electron chi connectivity index (χ4n) is 3.31. The average molecular weight is 410 g/mol. The van der Waals surface area contributed by atoms with Gasteiger partial charge in [0.1, 0.15) is 11.5 Å². The lowest BCUT2D eigenvalue weighted by atomic mass is 10.2. The Morgan fingerprint density at radius 2 is 2.17 bits per heavy atom. The molecule has 10 heteroatoms. The quantitative estimate of drug-likeness (QED) is 0.511. The number of hydrogen-bond donors (Lipinski definition) is 3. The van der Waals surface area contributed by atoms with Gasteiger partial charge in [-0.1, -0.05) is 6.08 Å². The molecule has 1 aliphatic carbocycles. The van der Waals surface area contributed by atoms with Crippen molar-refractivity contribution in [2.75, 3.05) is 5.32 Å². The van der Waals surface area contributed by atoms with Gasteiger partial charge in [0.25, 0.3) is 5.91 Å². The number of rotatable bonds is 5. The van der Waals surface area contributed by atoms with Crippen molar-refractivity contribution in [1.29, 1.82) is 0 Å². The third-order valence-corrected chi connectivity index (χ3v) is 6.36. The summed E-state index contributed by atoms with van der Waals surface area (Å²) in [6, 6.07) is 1.85. The Hall–Kier alpha value is -3.14. The molecule has 0 bridgehead atoms. The van der Waals surface area contributed by atoms with Crippen LogP contribution in [0.4, 0.5) is 10.6 Å². The van der Waals surface area contributed by atoms with E-state index in [0.717, 1.165) is 35.7 Å². The summed E-state index contributed by atoms with van der Waals surface area (Å²) in [4.78, 5) is 40.5. The highest BCUT2D eigenvalue weighted by molar-refractivity contribution is 8.04. The predicted molar refractivity (Wildman–Crippen MR) is 108 cm³/mol. The van der Waals surface area contributed by atoms with Gasteiger partial charge in [-0.3, -0.25) is 14.9 Å². The molecule has 9 nitrogen and oxygen atoms in total. The molecular weight excluding hydrogens is 392 g/mol. The minimum absolute atomic E-state index is 0.0449. The van der Waals surface area contributed by atoms with E-state index in [0.29, 0.717) is 17.3 Å². The van der Waals surface area contributed by atoms with Crippen molar-refractivity contribution in [1.82, 2.24) is 25.2 Å². The van der Waals surface area contributed by atoms with Gasteiger partial charge in [-0.15, -0.1) is 11.8 Å². The van der Waals surface area contributed by atoms with Crippen LogP contribution < -0.4 is 16.0 Å². The van der Waals surface area contributed by atoms with Crippen LogP contribution in [0.15, 0.2) is 28.9 Å². The molecule has 0 aromatic carbocycles. The number of imide groups is 1. The molecule has 3 N–H and O–H groups in total. The van der Waals surface area contributed by atoms with Crippen molar-refractivity contribution in [2.45, 2.75) is 37.5 Å². The Balaban J connectivity index is 1.56. The van der Waals surface area contributed by atoms with Crippen molar-refractivity contribution in [2.24, 2.45) is 0 Å². The van der Waals surface area contributed by atoms with Crippen LogP contribution in [0, 0.1) is 0 Å². The zero-order valence-corrected chi connectivity index (χ0v) is 16.4. The van der Waals surface area contributed by atoms with Crippen LogP contribution in [0.1, 0.15) is 42.7 Å². The van der Waals surface area contributed by atoms with Gasteiger partial charge in [-0.2, -0.15) is 9.61 Å². The third-order valence-electron chi connectivity index (χ3n) is 4.93. The number of ketones is 1. The molecule has 2 aliphatic heterocycles. The largest absolute Gasteiger partial charge is 0.367 e. The minimum atomic E-state index is -0.548. The average Bonchev–Trinajstić information content (AvgIpc) is 3.08. The second-order valence-corrected chi connectivity index (χ2v) is 8.50. The number of aromatic nitrogens is 3. The van der Waals surface area contributed by atoms with Crippen molar-refractivity contribution in [3.8, 4) is 0 Å². The Morgan fingerprint density at radius 1 is 1.34 bits per heavy atom. The van der Waals surface area contributed by atoms with Gasteiger partial charge in [-0.05, 0) is 32.3 Å². The summed E-state index contributed by atoms with van der Waals surface area (Å²) in [7, 11) is 0. The number of nitrogens with zero attached hydrogens (tertiary/aromatic N) is 3. The lowest BCUT2D eigenvalue weighted by Crippen LogP contribution is -2.22. The number of amides is 3. The summed E-state index contributed by atoms with van der Waals surface area (Å²) in [6.07, 6.45) is 8.09. The number of thioether (sulfide) groups is 1. The zero-order chi connectivity index (χ0) is 20.1. The Kier molecular flexibility index (Phi) is 4.16. The molecule has 29 heavy (non-hydrogen) atoms. The molecule has 2 fully saturated rings. The highest BCUT2D eigenvalue weighted by Crippen LogP contribution is 2.44. The van der Waals surface area contributed by atoms with Gasteiger partial charge < -0.3 is 10.6 Å². The van der Waals surface area contributed by atoms with Crippen LogP contribution in [-0.4, -0.2) is 38.4 Å². The maximum absolute atomic E-state index is 11.9. The van der Waals surface area contributed by atoms with Gasteiger partial charge in [-0.25, -0.2) is 9.78 Å². The molecule has 2 aromatic rings. The van der Waals surface area contributed by atoms with Crippen molar-refractivity contribution in [3.05, 3.63) is 40.2 Å². The van der Waals surface area contributed by atoms with Gasteiger partial charge in [0.2, 0.25) is 0 Å². The fraction of sp³-hybridized carbons (Fsp3) is 0.316. The third kappa shape index (κ3) is 3.39. The number of nitrogens with one attached hydrogen (secondary N) is 3. The number of urea groups is 1. The number of Topliss-reactive ketones (excluding diaryl/α,β-unsaturated/α-hetero) is 1. The first-order valence-corrected chi connectivity index (χ1v) is 10.2. The molecule has 5 rings (SSSR count). The summed E-state index contributed by atoms with van der Waals surface area (Å²) in [6.45, 7) is 1.57. The first-order chi connectivity index (χ1) is 14.0. The van der Waals surface area contributed by atoms with E-state index in [9.17, 15) is 14.4 Å². The van der Waals surface area contributed by atoms with Crippen LogP contribution in [0.5, 0.6) is 0 Å². The molecule has 148 valence electrons. The second-order valence-electron chi connectivity index (χ2n) is 7.25. The molecule has 1 atom stereocenters. The standard InChI is InChI=1S/C19H18N6O3S/c1-9(26)14-4-5-15(29-14)12-7-16(21-11-2-3-11)25-17(22-12)10(8-20-25)6-13-18(27)24-19(28)23-13/h4,6-8,11,15,21H,2-3,5H2,1H3,(H2,23,24,27,28)/b13-6-. The number of carbonyl (C=O) groups excluding carboxylic acids is 3. The van der Waals surface area contributed by atoms with E-state index in [4.69, 9.17) is 4.98 Å². The molecule has 1 saturated heterocycles. The number of allylic oxidation sites excluding steroid dienone is 2. The van der Waals surface area contributed by atoms with Crippen molar-refractivity contribution < 1.29 is 14.4 Å². The molecule has 3 amide bonds. The minimum Gasteiger partial charge on any atom is -0.367 e. The highest BCUT2D eigenvalue weighted by atomic mass is 32.2. The Morgan fingerprint density at radius 3 is 2.83 bits per heavy atom. The van der Waals surface area contributed by atoms with Gasteiger partial charge >= 0.3 is 6.03 Å². The fourth-order valence-corrected chi connectivity index (χ4v) is 4.41. The van der Waals surface area contributed by atoms with Crippen LogP contribution in [0.25, 0.3) is 11.7 Å². The summed E-state index contributed by atoms with van der Waals surface area (Å²) in [5, 5.41) is 12.6. The number of fused-ring (bicyclic) bond motifs is 1. The maximum Gasteiger partial charge on any atom is 0.326 e. The van der Waals surface area contributed by atoms with E-state index in [1.54, 1.807) is 23.7 Å².